The lowest BCUT2D eigenvalue weighted by atomic mass is 10.2. The first-order chi connectivity index (χ1) is 7.76. The quantitative estimate of drug-likeness (QED) is 0.769. The molecule has 1 aromatic rings. The van der Waals surface area contributed by atoms with Crippen molar-refractivity contribution in [2.75, 3.05) is 13.2 Å². The second kappa shape index (κ2) is 7.39. The maximum atomic E-state index is 9.13. The summed E-state index contributed by atoms with van der Waals surface area (Å²) in [7, 11) is -0.935. The van der Waals surface area contributed by atoms with E-state index in [4.69, 9.17) is 14.2 Å². The fourth-order valence-electron chi connectivity index (χ4n) is 1.11. The Morgan fingerprint density at radius 2 is 1.69 bits per heavy atom. The molecule has 1 aromatic carbocycles. The lowest BCUT2D eigenvalue weighted by Crippen LogP contribution is -1.87. The van der Waals surface area contributed by atoms with Crippen LogP contribution >= 0.6 is 8.38 Å². The maximum absolute atomic E-state index is 9.13. The van der Waals surface area contributed by atoms with Gasteiger partial charge in [0.1, 0.15) is 5.75 Å². The summed E-state index contributed by atoms with van der Waals surface area (Å²) >= 11 is 0. The van der Waals surface area contributed by atoms with Crippen molar-refractivity contribution in [2.24, 2.45) is 0 Å². The Balaban J connectivity index is 2.58. The van der Waals surface area contributed by atoms with Crippen molar-refractivity contribution in [3.8, 4) is 5.75 Å². The smallest absolute Gasteiger partial charge is 0.197 e. The second-order valence-corrected chi connectivity index (χ2v) is 4.41. The molecule has 0 atom stereocenters. The van der Waals surface area contributed by atoms with E-state index in [0.29, 0.717) is 13.2 Å². The van der Waals surface area contributed by atoms with Crippen molar-refractivity contribution in [1.29, 1.82) is 0 Å². The Hall–Kier alpha value is -0.890. The molecule has 88 valence electrons. The van der Waals surface area contributed by atoms with E-state index in [9.17, 15) is 0 Å². The molecule has 0 aliphatic carbocycles. The van der Waals surface area contributed by atoms with Gasteiger partial charge in [-0.2, -0.15) is 0 Å². The Kier molecular flexibility index (Phi) is 6.09. The SMILES string of the molecule is CCOP(/C=C/c1ccc(O)cc1)OCC. The first-order valence-electron chi connectivity index (χ1n) is 5.28. The Morgan fingerprint density at radius 1 is 1.12 bits per heavy atom. The van der Waals surface area contributed by atoms with Crippen molar-refractivity contribution in [1.82, 2.24) is 0 Å². The normalized spacial score (nSPS) is 11.4. The first-order valence-corrected chi connectivity index (χ1v) is 6.53. The number of phenols is 1. The molecular weight excluding hydrogens is 223 g/mol. The molecule has 0 aliphatic rings. The second-order valence-electron chi connectivity index (χ2n) is 3.03. The van der Waals surface area contributed by atoms with Gasteiger partial charge in [0.05, 0.1) is 13.2 Å². The fraction of sp³-hybridized carbons (Fsp3) is 0.333. The van der Waals surface area contributed by atoms with E-state index >= 15 is 0 Å². The van der Waals surface area contributed by atoms with Crippen LogP contribution in [0.2, 0.25) is 0 Å². The van der Waals surface area contributed by atoms with E-state index in [1.54, 1.807) is 12.1 Å². The summed E-state index contributed by atoms with van der Waals surface area (Å²) < 4.78 is 10.9. The minimum atomic E-state index is -0.935. The molecule has 0 amide bonds. The Labute approximate surface area is 97.6 Å². The van der Waals surface area contributed by atoms with E-state index in [-0.39, 0.29) is 5.75 Å². The van der Waals surface area contributed by atoms with Gasteiger partial charge in [-0.3, -0.25) is 0 Å². The summed E-state index contributed by atoms with van der Waals surface area (Å²) in [5, 5.41) is 9.13. The third kappa shape index (κ3) is 4.75. The van der Waals surface area contributed by atoms with Gasteiger partial charge in [-0.05, 0) is 43.4 Å². The molecule has 1 N–H and O–H groups in total. The van der Waals surface area contributed by atoms with Crippen LogP contribution in [0.1, 0.15) is 19.4 Å². The summed E-state index contributed by atoms with van der Waals surface area (Å²) in [6.45, 7) is 5.18. The van der Waals surface area contributed by atoms with Crippen LogP contribution in [0, 0.1) is 0 Å². The van der Waals surface area contributed by atoms with Gasteiger partial charge in [0.15, 0.2) is 8.38 Å². The van der Waals surface area contributed by atoms with Crippen molar-refractivity contribution in [3.63, 3.8) is 0 Å². The van der Waals surface area contributed by atoms with Crippen molar-refractivity contribution in [3.05, 3.63) is 35.6 Å². The zero-order valence-electron chi connectivity index (χ0n) is 9.59. The molecule has 0 fully saturated rings. The standard InChI is InChI=1S/C12H17O3P/c1-3-14-16(15-4-2)10-9-11-5-7-12(13)8-6-11/h5-10,13H,3-4H2,1-2H3/b10-9+. The van der Waals surface area contributed by atoms with Gasteiger partial charge in [-0.15, -0.1) is 0 Å². The Bertz CT molecular complexity index is 316. The summed E-state index contributed by atoms with van der Waals surface area (Å²) in [5.41, 5.74) is 1.02. The molecule has 0 bridgehead atoms. The molecule has 0 saturated heterocycles. The van der Waals surface area contributed by atoms with E-state index in [1.165, 1.54) is 0 Å². The average molecular weight is 240 g/mol. The first kappa shape index (κ1) is 13.2. The van der Waals surface area contributed by atoms with Gasteiger partial charge in [0.25, 0.3) is 0 Å². The number of hydrogen-bond donors (Lipinski definition) is 1. The zero-order chi connectivity index (χ0) is 11.8. The monoisotopic (exact) mass is 240 g/mol. The molecule has 0 spiro atoms. The number of rotatable bonds is 6. The minimum Gasteiger partial charge on any atom is -0.508 e. The molecule has 0 aromatic heterocycles. The maximum Gasteiger partial charge on any atom is 0.197 e. The molecule has 16 heavy (non-hydrogen) atoms. The van der Waals surface area contributed by atoms with E-state index in [1.807, 2.05) is 37.9 Å². The highest BCUT2D eigenvalue weighted by Crippen LogP contribution is 2.40. The molecule has 0 heterocycles. The third-order valence-electron chi connectivity index (χ3n) is 1.79. The predicted molar refractivity (Wildman–Crippen MR) is 67.3 cm³/mol. The topological polar surface area (TPSA) is 38.7 Å². The highest BCUT2D eigenvalue weighted by molar-refractivity contribution is 7.51. The summed E-state index contributed by atoms with van der Waals surface area (Å²) in [4.78, 5) is 0. The van der Waals surface area contributed by atoms with Gasteiger partial charge in [0, 0.05) is 0 Å². The summed E-state index contributed by atoms with van der Waals surface area (Å²) in [6.07, 6.45) is 1.94. The fourth-order valence-corrected chi connectivity index (χ4v) is 2.16. The van der Waals surface area contributed by atoms with Crippen LogP contribution in [0.25, 0.3) is 6.08 Å². The highest BCUT2D eigenvalue weighted by Gasteiger charge is 2.02. The van der Waals surface area contributed by atoms with Crippen LogP contribution in [0.3, 0.4) is 0 Å². The van der Waals surface area contributed by atoms with Crippen molar-refractivity contribution < 1.29 is 14.2 Å². The van der Waals surface area contributed by atoms with E-state index in [0.717, 1.165) is 5.56 Å². The third-order valence-corrected chi connectivity index (χ3v) is 3.21. The Morgan fingerprint density at radius 3 is 2.19 bits per heavy atom. The van der Waals surface area contributed by atoms with Gasteiger partial charge in [-0.1, -0.05) is 12.1 Å². The van der Waals surface area contributed by atoms with Gasteiger partial charge < -0.3 is 14.2 Å². The van der Waals surface area contributed by atoms with Crippen molar-refractivity contribution in [2.45, 2.75) is 13.8 Å². The molecule has 0 aliphatic heterocycles. The minimum absolute atomic E-state index is 0.272. The lowest BCUT2D eigenvalue weighted by molar-refractivity contribution is 0.277. The zero-order valence-corrected chi connectivity index (χ0v) is 10.5. The largest absolute Gasteiger partial charge is 0.508 e. The van der Waals surface area contributed by atoms with Gasteiger partial charge >= 0.3 is 0 Å². The van der Waals surface area contributed by atoms with Crippen LogP contribution in [0.15, 0.2) is 30.1 Å². The molecule has 0 radical (unpaired) electrons. The average Bonchev–Trinajstić information content (AvgIpc) is 2.29. The molecule has 0 saturated carbocycles. The van der Waals surface area contributed by atoms with Crippen molar-refractivity contribution >= 4 is 14.5 Å². The highest BCUT2D eigenvalue weighted by atomic mass is 31.2. The van der Waals surface area contributed by atoms with Crippen LogP contribution in [0.4, 0.5) is 0 Å². The van der Waals surface area contributed by atoms with E-state index < -0.39 is 8.38 Å². The van der Waals surface area contributed by atoms with Gasteiger partial charge in [0.2, 0.25) is 0 Å². The number of hydrogen-bond acceptors (Lipinski definition) is 3. The van der Waals surface area contributed by atoms with Crippen LogP contribution in [0.5, 0.6) is 5.75 Å². The molecule has 0 unspecified atom stereocenters. The van der Waals surface area contributed by atoms with Crippen LogP contribution in [-0.2, 0) is 9.05 Å². The lowest BCUT2D eigenvalue weighted by Gasteiger charge is -2.10. The molecule has 3 nitrogen and oxygen atoms in total. The van der Waals surface area contributed by atoms with Crippen LogP contribution < -0.4 is 0 Å². The van der Waals surface area contributed by atoms with Crippen LogP contribution in [-0.4, -0.2) is 18.3 Å². The summed E-state index contributed by atoms with van der Waals surface area (Å²) in [5.74, 6) is 2.20. The predicted octanol–water partition coefficient (Wildman–Crippen LogP) is 3.75. The number of phenolic OH excluding ortho intramolecular Hbond substituents is 1. The number of benzene rings is 1. The van der Waals surface area contributed by atoms with Gasteiger partial charge in [-0.25, -0.2) is 0 Å². The van der Waals surface area contributed by atoms with E-state index in [2.05, 4.69) is 0 Å². The molecule has 1 rings (SSSR count). The number of aromatic hydroxyl groups is 1. The molecule has 4 heteroatoms. The molecular formula is C12H17O3P. The summed E-state index contributed by atoms with van der Waals surface area (Å²) in [6, 6.07) is 7.00.